The molecule has 2 unspecified atom stereocenters. The van der Waals surface area contributed by atoms with Crippen molar-refractivity contribution >= 4 is 0 Å². The summed E-state index contributed by atoms with van der Waals surface area (Å²) in [5.41, 5.74) is 1.38. The Labute approximate surface area is 128 Å². The Balaban J connectivity index is 1.36. The molecule has 3 heteroatoms. The van der Waals surface area contributed by atoms with Gasteiger partial charge in [0.1, 0.15) is 5.75 Å². The summed E-state index contributed by atoms with van der Waals surface area (Å²) in [6.45, 7) is 3.78. The number of aryl methyl sites for hydroxylation is 1. The second-order valence-corrected chi connectivity index (χ2v) is 6.46. The standard InChI is InChI=1S/C18H28N2O/c1-21-18-8-2-5-15(13-18)6-3-10-19-16-9-12-20-11-4-7-17(20)14-16/h2,5,8,13,16-17,19H,3-4,6-7,9-12,14H2,1H3. The summed E-state index contributed by atoms with van der Waals surface area (Å²) in [6.07, 6.45) is 7.86. The Kier molecular flexibility index (Phi) is 5.15. The lowest BCUT2D eigenvalue weighted by Crippen LogP contribution is -2.45. The highest BCUT2D eigenvalue weighted by Crippen LogP contribution is 2.26. The fraction of sp³-hybridized carbons (Fsp3) is 0.667. The molecule has 0 aliphatic carbocycles. The first-order valence-electron chi connectivity index (χ1n) is 8.45. The molecular formula is C18H28N2O. The van der Waals surface area contributed by atoms with Crippen molar-refractivity contribution in [3.05, 3.63) is 29.8 Å². The van der Waals surface area contributed by atoms with Crippen LogP contribution in [0.2, 0.25) is 0 Å². The number of methoxy groups -OCH3 is 1. The first-order valence-corrected chi connectivity index (χ1v) is 8.45. The van der Waals surface area contributed by atoms with Crippen molar-refractivity contribution in [3.63, 3.8) is 0 Å². The van der Waals surface area contributed by atoms with E-state index in [1.165, 1.54) is 50.8 Å². The maximum absolute atomic E-state index is 5.28. The Hall–Kier alpha value is -1.06. The molecule has 116 valence electrons. The van der Waals surface area contributed by atoms with Gasteiger partial charge < -0.3 is 15.0 Å². The molecule has 0 bridgehead atoms. The molecule has 0 spiro atoms. The molecule has 2 saturated heterocycles. The number of ether oxygens (including phenoxy) is 1. The first kappa shape index (κ1) is 14.9. The van der Waals surface area contributed by atoms with Crippen molar-refractivity contribution in [1.82, 2.24) is 10.2 Å². The topological polar surface area (TPSA) is 24.5 Å². The SMILES string of the molecule is COc1cccc(CCCNC2CCN3CCCC3C2)c1. The largest absolute Gasteiger partial charge is 0.497 e. The van der Waals surface area contributed by atoms with E-state index < -0.39 is 0 Å². The molecule has 1 aromatic rings. The quantitative estimate of drug-likeness (QED) is 0.815. The van der Waals surface area contributed by atoms with Crippen molar-refractivity contribution < 1.29 is 4.74 Å². The zero-order valence-corrected chi connectivity index (χ0v) is 13.2. The maximum atomic E-state index is 5.28. The lowest BCUT2D eigenvalue weighted by Gasteiger charge is -2.35. The fourth-order valence-electron chi connectivity index (χ4n) is 3.84. The first-order chi connectivity index (χ1) is 10.3. The molecule has 0 radical (unpaired) electrons. The van der Waals surface area contributed by atoms with E-state index in [-0.39, 0.29) is 0 Å². The van der Waals surface area contributed by atoms with E-state index >= 15 is 0 Å². The van der Waals surface area contributed by atoms with Crippen molar-refractivity contribution in [3.8, 4) is 5.75 Å². The van der Waals surface area contributed by atoms with E-state index in [1.54, 1.807) is 7.11 Å². The van der Waals surface area contributed by atoms with Crippen molar-refractivity contribution in [2.75, 3.05) is 26.7 Å². The monoisotopic (exact) mass is 288 g/mol. The highest BCUT2D eigenvalue weighted by Gasteiger charge is 2.31. The summed E-state index contributed by atoms with van der Waals surface area (Å²) in [5, 5.41) is 3.78. The molecule has 2 aliphatic heterocycles. The Morgan fingerprint density at radius 1 is 1.29 bits per heavy atom. The third-order valence-electron chi connectivity index (χ3n) is 5.03. The number of rotatable bonds is 6. The second kappa shape index (κ2) is 7.28. The van der Waals surface area contributed by atoms with Crippen molar-refractivity contribution in [1.29, 1.82) is 0 Å². The molecule has 3 nitrogen and oxygen atoms in total. The number of nitrogens with zero attached hydrogens (tertiary/aromatic N) is 1. The maximum Gasteiger partial charge on any atom is 0.119 e. The minimum Gasteiger partial charge on any atom is -0.497 e. The molecule has 2 aliphatic rings. The van der Waals surface area contributed by atoms with E-state index in [1.807, 2.05) is 6.07 Å². The van der Waals surface area contributed by atoms with Gasteiger partial charge >= 0.3 is 0 Å². The van der Waals surface area contributed by atoms with Crippen LogP contribution >= 0.6 is 0 Å². The molecule has 2 heterocycles. The van der Waals surface area contributed by atoms with E-state index in [2.05, 4.69) is 28.4 Å². The molecule has 2 fully saturated rings. The number of hydrogen-bond acceptors (Lipinski definition) is 3. The number of benzene rings is 1. The molecule has 3 rings (SSSR count). The van der Waals surface area contributed by atoms with Crippen LogP contribution in [0.5, 0.6) is 5.75 Å². The normalized spacial score (nSPS) is 25.8. The average molecular weight is 288 g/mol. The summed E-state index contributed by atoms with van der Waals surface area (Å²) in [4.78, 5) is 2.69. The lowest BCUT2D eigenvalue weighted by atomic mass is 9.97. The molecule has 0 saturated carbocycles. The number of nitrogens with one attached hydrogen (secondary N) is 1. The van der Waals surface area contributed by atoms with E-state index in [0.29, 0.717) is 0 Å². The predicted molar refractivity (Wildman–Crippen MR) is 86.9 cm³/mol. The number of fused-ring (bicyclic) bond motifs is 1. The highest BCUT2D eigenvalue weighted by molar-refractivity contribution is 5.28. The molecule has 0 aromatic heterocycles. The smallest absolute Gasteiger partial charge is 0.119 e. The van der Waals surface area contributed by atoms with Gasteiger partial charge in [-0.15, -0.1) is 0 Å². The summed E-state index contributed by atoms with van der Waals surface area (Å²) in [5.74, 6) is 0.967. The number of piperidine rings is 1. The Bertz CT molecular complexity index is 449. The van der Waals surface area contributed by atoms with Gasteiger partial charge in [0, 0.05) is 12.1 Å². The molecule has 0 amide bonds. The molecule has 1 aromatic carbocycles. The van der Waals surface area contributed by atoms with E-state index in [0.717, 1.165) is 30.8 Å². The minimum atomic E-state index is 0.745. The van der Waals surface area contributed by atoms with Gasteiger partial charge in [0.05, 0.1) is 7.11 Å². The summed E-state index contributed by atoms with van der Waals surface area (Å²) in [6, 6.07) is 10.1. The fourth-order valence-corrected chi connectivity index (χ4v) is 3.84. The van der Waals surface area contributed by atoms with Crippen LogP contribution in [0.4, 0.5) is 0 Å². The van der Waals surface area contributed by atoms with E-state index in [9.17, 15) is 0 Å². The van der Waals surface area contributed by atoms with Gasteiger partial charge in [0.15, 0.2) is 0 Å². The molecular weight excluding hydrogens is 260 g/mol. The van der Waals surface area contributed by atoms with Crippen LogP contribution in [0.15, 0.2) is 24.3 Å². The average Bonchev–Trinajstić information content (AvgIpc) is 2.99. The van der Waals surface area contributed by atoms with Gasteiger partial charge in [-0.1, -0.05) is 12.1 Å². The van der Waals surface area contributed by atoms with Gasteiger partial charge in [-0.3, -0.25) is 0 Å². The Morgan fingerprint density at radius 2 is 2.24 bits per heavy atom. The molecule has 21 heavy (non-hydrogen) atoms. The van der Waals surface area contributed by atoms with Crippen molar-refractivity contribution in [2.45, 2.75) is 50.6 Å². The lowest BCUT2D eigenvalue weighted by molar-refractivity contribution is 0.167. The molecule has 2 atom stereocenters. The van der Waals surface area contributed by atoms with Crippen LogP contribution in [-0.2, 0) is 6.42 Å². The third-order valence-corrected chi connectivity index (χ3v) is 5.03. The summed E-state index contributed by atoms with van der Waals surface area (Å²) in [7, 11) is 1.73. The van der Waals surface area contributed by atoms with E-state index in [4.69, 9.17) is 4.74 Å². The zero-order chi connectivity index (χ0) is 14.5. The highest BCUT2D eigenvalue weighted by atomic mass is 16.5. The molecule has 1 N–H and O–H groups in total. The summed E-state index contributed by atoms with van der Waals surface area (Å²) < 4.78 is 5.28. The zero-order valence-electron chi connectivity index (χ0n) is 13.2. The van der Waals surface area contributed by atoms with Gasteiger partial charge in [0.25, 0.3) is 0 Å². The second-order valence-electron chi connectivity index (χ2n) is 6.46. The predicted octanol–water partition coefficient (Wildman–Crippen LogP) is 2.84. The van der Waals surface area contributed by atoms with Crippen LogP contribution in [0.1, 0.15) is 37.7 Å². The van der Waals surface area contributed by atoms with Crippen LogP contribution in [-0.4, -0.2) is 43.7 Å². The van der Waals surface area contributed by atoms with Crippen LogP contribution in [0.3, 0.4) is 0 Å². The third kappa shape index (κ3) is 3.98. The van der Waals surface area contributed by atoms with Gasteiger partial charge in [-0.25, -0.2) is 0 Å². The van der Waals surface area contributed by atoms with Crippen LogP contribution in [0, 0.1) is 0 Å². The van der Waals surface area contributed by atoms with Gasteiger partial charge in [-0.2, -0.15) is 0 Å². The van der Waals surface area contributed by atoms with Crippen LogP contribution < -0.4 is 10.1 Å². The Morgan fingerprint density at radius 3 is 3.14 bits per heavy atom. The van der Waals surface area contributed by atoms with Crippen LogP contribution in [0.25, 0.3) is 0 Å². The summed E-state index contributed by atoms with van der Waals surface area (Å²) >= 11 is 0. The van der Waals surface area contributed by atoms with Gasteiger partial charge in [-0.05, 0) is 75.9 Å². The van der Waals surface area contributed by atoms with Crippen molar-refractivity contribution in [2.24, 2.45) is 0 Å². The minimum absolute atomic E-state index is 0.745. The number of hydrogen-bond donors (Lipinski definition) is 1. The van der Waals surface area contributed by atoms with Gasteiger partial charge in [0.2, 0.25) is 0 Å².